The van der Waals surface area contributed by atoms with Crippen molar-refractivity contribution in [3.63, 3.8) is 0 Å². The van der Waals surface area contributed by atoms with Crippen LogP contribution in [-0.2, 0) is 0 Å². The van der Waals surface area contributed by atoms with Gasteiger partial charge in [0, 0.05) is 29.8 Å². The van der Waals surface area contributed by atoms with Crippen LogP contribution in [0.4, 0.5) is 4.79 Å². The molecular formula is C18H17N3O5. The second-order valence-corrected chi connectivity index (χ2v) is 6.19. The van der Waals surface area contributed by atoms with Gasteiger partial charge in [-0.3, -0.25) is 9.69 Å². The maximum atomic E-state index is 12.7. The number of methoxy groups -OCH3 is 1. The molecular weight excluding hydrogens is 338 g/mol. The van der Waals surface area contributed by atoms with Crippen LogP contribution in [0.25, 0.3) is 22.2 Å². The minimum atomic E-state index is -0.980. The van der Waals surface area contributed by atoms with Gasteiger partial charge in [0.2, 0.25) is 0 Å². The molecule has 4 rings (SSSR count). The number of H-pyrrole nitrogens is 1. The summed E-state index contributed by atoms with van der Waals surface area (Å²) in [6.07, 6.45) is 3.33. The highest BCUT2D eigenvalue weighted by atomic mass is 16.5. The molecule has 0 radical (unpaired) electrons. The molecule has 26 heavy (non-hydrogen) atoms. The molecule has 8 heteroatoms. The van der Waals surface area contributed by atoms with Crippen LogP contribution in [-0.4, -0.2) is 39.7 Å². The third-order valence-electron chi connectivity index (χ3n) is 4.73. The number of benzene rings is 1. The molecule has 0 saturated carbocycles. The Labute approximate surface area is 148 Å². The lowest BCUT2D eigenvalue weighted by Crippen LogP contribution is -2.29. The molecule has 1 amide bonds. The van der Waals surface area contributed by atoms with E-state index in [2.05, 4.69) is 9.97 Å². The fraction of sp³-hybridized carbons (Fsp3) is 0.278. The minimum absolute atomic E-state index is 0.186. The van der Waals surface area contributed by atoms with Crippen molar-refractivity contribution in [2.24, 2.45) is 0 Å². The van der Waals surface area contributed by atoms with Crippen LogP contribution < -0.4 is 10.2 Å². The van der Waals surface area contributed by atoms with E-state index in [1.807, 2.05) is 0 Å². The molecule has 8 nitrogen and oxygen atoms in total. The molecule has 1 aliphatic rings. The SMILES string of the molecule is COc1cc2[nH]c(C3CCCN3C(=O)O)cc(=O)c2cc1-c1cnco1. The second kappa shape index (κ2) is 6.21. The van der Waals surface area contributed by atoms with Gasteiger partial charge in [0.05, 0.1) is 30.4 Å². The number of pyridine rings is 1. The van der Waals surface area contributed by atoms with Crippen molar-refractivity contribution in [1.82, 2.24) is 14.9 Å². The largest absolute Gasteiger partial charge is 0.496 e. The van der Waals surface area contributed by atoms with Gasteiger partial charge in [-0.05, 0) is 18.9 Å². The molecule has 134 valence electrons. The van der Waals surface area contributed by atoms with Crippen molar-refractivity contribution in [2.75, 3.05) is 13.7 Å². The third-order valence-corrected chi connectivity index (χ3v) is 4.73. The first kappa shape index (κ1) is 16.2. The van der Waals surface area contributed by atoms with E-state index in [0.29, 0.717) is 46.6 Å². The predicted octanol–water partition coefficient (Wildman–Crippen LogP) is 3.01. The Hall–Kier alpha value is -3.29. The Bertz CT molecular complexity index is 1030. The van der Waals surface area contributed by atoms with Gasteiger partial charge in [0.25, 0.3) is 0 Å². The van der Waals surface area contributed by atoms with E-state index in [4.69, 9.17) is 9.15 Å². The lowest BCUT2D eigenvalue weighted by atomic mass is 10.0. The number of rotatable bonds is 3. The summed E-state index contributed by atoms with van der Waals surface area (Å²) in [6, 6.07) is 4.55. The van der Waals surface area contributed by atoms with Crippen LogP contribution in [0.5, 0.6) is 5.75 Å². The van der Waals surface area contributed by atoms with Gasteiger partial charge in [0.15, 0.2) is 17.6 Å². The van der Waals surface area contributed by atoms with Crippen molar-refractivity contribution >= 4 is 17.0 Å². The molecule has 1 unspecified atom stereocenters. The molecule has 2 aromatic heterocycles. The van der Waals surface area contributed by atoms with Crippen LogP contribution in [0.15, 0.2) is 40.0 Å². The van der Waals surface area contributed by atoms with Crippen LogP contribution in [0, 0.1) is 0 Å². The van der Waals surface area contributed by atoms with Gasteiger partial charge in [-0.1, -0.05) is 0 Å². The summed E-state index contributed by atoms with van der Waals surface area (Å²) in [7, 11) is 1.53. The number of nitrogens with zero attached hydrogens (tertiary/aromatic N) is 2. The molecule has 1 aromatic carbocycles. The zero-order chi connectivity index (χ0) is 18.3. The smallest absolute Gasteiger partial charge is 0.407 e. The van der Waals surface area contributed by atoms with E-state index >= 15 is 0 Å². The molecule has 1 fully saturated rings. The summed E-state index contributed by atoms with van der Waals surface area (Å²) in [5.74, 6) is 1.03. The summed E-state index contributed by atoms with van der Waals surface area (Å²) in [5, 5.41) is 9.82. The number of carboxylic acid groups (broad SMARTS) is 1. The molecule has 3 heterocycles. The maximum absolute atomic E-state index is 12.7. The van der Waals surface area contributed by atoms with E-state index in [1.54, 1.807) is 18.3 Å². The Kier molecular flexibility index (Phi) is 3.87. The number of nitrogens with one attached hydrogen (secondary N) is 1. The lowest BCUT2D eigenvalue weighted by Gasteiger charge is -2.22. The summed E-state index contributed by atoms with van der Waals surface area (Å²) < 4.78 is 10.7. The number of hydrogen-bond acceptors (Lipinski definition) is 5. The summed E-state index contributed by atoms with van der Waals surface area (Å²) in [5.41, 5.74) is 1.62. The highest BCUT2D eigenvalue weighted by molar-refractivity contribution is 5.87. The number of ether oxygens (including phenoxy) is 1. The standard InChI is InChI=1S/C18H17N3O5/c1-25-16-7-12-10(5-11(16)17-8-19-9-26-17)15(22)6-13(20-12)14-3-2-4-21(14)18(23)24/h5-9,14H,2-4H2,1H3,(H,20,22)(H,23,24). The molecule has 2 N–H and O–H groups in total. The molecule has 1 aliphatic heterocycles. The Morgan fingerprint density at radius 1 is 1.42 bits per heavy atom. The lowest BCUT2D eigenvalue weighted by molar-refractivity contribution is 0.139. The number of oxazole rings is 1. The Morgan fingerprint density at radius 3 is 2.96 bits per heavy atom. The second-order valence-electron chi connectivity index (χ2n) is 6.19. The topological polar surface area (TPSA) is 109 Å². The Morgan fingerprint density at radius 2 is 2.27 bits per heavy atom. The van der Waals surface area contributed by atoms with Crippen LogP contribution in [0.3, 0.4) is 0 Å². The molecule has 3 aromatic rings. The normalized spacial score (nSPS) is 17.0. The number of aromatic nitrogens is 2. The molecule has 0 bridgehead atoms. The van der Waals surface area contributed by atoms with E-state index in [0.717, 1.165) is 6.42 Å². The van der Waals surface area contributed by atoms with E-state index in [9.17, 15) is 14.7 Å². The first-order chi connectivity index (χ1) is 12.6. The van der Waals surface area contributed by atoms with Gasteiger partial charge >= 0.3 is 6.09 Å². The van der Waals surface area contributed by atoms with Crippen molar-refractivity contribution in [3.8, 4) is 17.1 Å². The fourth-order valence-corrected chi connectivity index (χ4v) is 3.51. The highest BCUT2D eigenvalue weighted by Crippen LogP contribution is 2.34. The Balaban J connectivity index is 1.87. The third kappa shape index (κ3) is 2.59. The molecule has 1 atom stereocenters. The molecule has 1 saturated heterocycles. The number of hydrogen-bond donors (Lipinski definition) is 2. The van der Waals surface area contributed by atoms with Gasteiger partial charge in [-0.25, -0.2) is 9.78 Å². The van der Waals surface area contributed by atoms with Crippen molar-refractivity contribution < 1.29 is 19.1 Å². The first-order valence-corrected chi connectivity index (χ1v) is 8.22. The number of fused-ring (bicyclic) bond motifs is 1. The van der Waals surface area contributed by atoms with E-state index in [1.165, 1.54) is 24.5 Å². The van der Waals surface area contributed by atoms with E-state index in [-0.39, 0.29) is 11.5 Å². The van der Waals surface area contributed by atoms with E-state index < -0.39 is 6.09 Å². The highest BCUT2D eigenvalue weighted by Gasteiger charge is 2.30. The van der Waals surface area contributed by atoms with Crippen molar-refractivity contribution in [1.29, 1.82) is 0 Å². The fourth-order valence-electron chi connectivity index (χ4n) is 3.51. The van der Waals surface area contributed by atoms with Gasteiger partial charge in [-0.15, -0.1) is 0 Å². The zero-order valence-electron chi connectivity index (χ0n) is 14.1. The van der Waals surface area contributed by atoms with Crippen molar-refractivity contribution in [3.05, 3.63) is 46.7 Å². The number of carbonyl (C=O) groups is 1. The number of aromatic amines is 1. The van der Waals surface area contributed by atoms with Gasteiger partial charge in [-0.2, -0.15) is 0 Å². The maximum Gasteiger partial charge on any atom is 0.407 e. The summed E-state index contributed by atoms with van der Waals surface area (Å²) in [6.45, 7) is 0.466. The molecule has 0 spiro atoms. The van der Waals surface area contributed by atoms with Crippen molar-refractivity contribution in [2.45, 2.75) is 18.9 Å². The minimum Gasteiger partial charge on any atom is -0.496 e. The zero-order valence-corrected chi connectivity index (χ0v) is 14.1. The number of likely N-dealkylation sites (tertiary alicyclic amines) is 1. The number of amides is 1. The van der Waals surface area contributed by atoms with Crippen LogP contribution >= 0.6 is 0 Å². The first-order valence-electron chi connectivity index (χ1n) is 8.22. The quantitative estimate of drug-likeness (QED) is 0.747. The molecule has 0 aliphatic carbocycles. The average Bonchev–Trinajstić information content (AvgIpc) is 3.32. The van der Waals surface area contributed by atoms with Gasteiger partial charge < -0.3 is 19.2 Å². The summed E-state index contributed by atoms with van der Waals surface area (Å²) >= 11 is 0. The van der Waals surface area contributed by atoms with Gasteiger partial charge in [0.1, 0.15) is 5.75 Å². The average molecular weight is 355 g/mol. The van der Waals surface area contributed by atoms with Crippen LogP contribution in [0.2, 0.25) is 0 Å². The van der Waals surface area contributed by atoms with Crippen LogP contribution in [0.1, 0.15) is 24.6 Å². The summed E-state index contributed by atoms with van der Waals surface area (Å²) in [4.78, 5) is 32.6. The monoisotopic (exact) mass is 355 g/mol. The predicted molar refractivity (Wildman–Crippen MR) is 93.3 cm³/mol.